The number of nitrogens with one attached hydrogen (secondary N) is 1. The Labute approximate surface area is 96.3 Å². The molecule has 0 atom stereocenters. The third-order valence-electron chi connectivity index (χ3n) is 2.06. The van der Waals surface area contributed by atoms with E-state index < -0.39 is 29.1 Å². The lowest BCUT2D eigenvalue weighted by molar-refractivity contribution is -0.116. The molecule has 92 valence electrons. The summed E-state index contributed by atoms with van der Waals surface area (Å²) in [7, 11) is 0. The second-order valence-electron chi connectivity index (χ2n) is 3.39. The third-order valence-corrected chi connectivity index (χ3v) is 2.06. The van der Waals surface area contributed by atoms with Crippen LogP contribution in [0.2, 0.25) is 0 Å². The third kappa shape index (κ3) is 2.99. The molecule has 1 amide bonds. The van der Waals surface area contributed by atoms with Gasteiger partial charge in [-0.15, -0.1) is 0 Å². The maximum Gasteiger partial charge on any atom is 0.341 e. The van der Waals surface area contributed by atoms with E-state index in [1.807, 2.05) is 0 Å². The zero-order chi connectivity index (χ0) is 13.0. The lowest BCUT2D eigenvalue weighted by atomic mass is 10.1. The number of carbonyl (C=O) groups is 2. The first-order valence-corrected chi connectivity index (χ1v) is 4.98. The molecule has 0 aliphatic rings. The Balaban J connectivity index is 3.07. The summed E-state index contributed by atoms with van der Waals surface area (Å²) in [5.74, 6) is -4.62. The van der Waals surface area contributed by atoms with Crippen LogP contribution in [0, 0.1) is 11.6 Å². The van der Waals surface area contributed by atoms with E-state index in [9.17, 15) is 18.4 Å². The molecule has 17 heavy (non-hydrogen) atoms. The summed E-state index contributed by atoms with van der Waals surface area (Å²) in [6.45, 7) is 1.77. The van der Waals surface area contributed by atoms with Crippen LogP contribution in [0.25, 0.3) is 0 Å². The number of aromatic carboxylic acids is 1. The van der Waals surface area contributed by atoms with Gasteiger partial charge in [0.25, 0.3) is 0 Å². The van der Waals surface area contributed by atoms with Crippen molar-refractivity contribution in [2.45, 2.75) is 19.8 Å². The first-order valence-electron chi connectivity index (χ1n) is 4.98. The van der Waals surface area contributed by atoms with E-state index in [0.717, 1.165) is 12.1 Å². The van der Waals surface area contributed by atoms with Gasteiger partial charge in [0.05, 0.1) is 5.69 Å². The van der Waals surface area contributed by atoms with Crippen molar-refractivity contribution < 1.29 is 23.5 Å². The first-order chi connectivity index (χ1) is 7.97. The molecule has 4 nitrogen and oxygen atoms in total. The molecule has 1 aromatic carbocycles. The minimum absolute atomic E-state index is 0.180. The van der Waals surface area contributed by atoms with E-state index in [4.69, 9.17) is 5.11 Å². The molecule has 0 aliphatic carbocycles. The summed E-state index contributed by atoms with van der Waals surface area (Å²) >= 11 is 0. The lowest BCUT2D eigenvalue weighted by Gasteiger charge is -2.08. The van der Waals surface area contributed by atoms with Gasteiger partial charge in [-0.1, -0.05) is 6.92 Å². The monoisotopic (exact) mass is 243 g/mol. The average molecular weight is 243 g/mol. The van der Waals surface area contributed by atoms with Gasteiger partial charge in [-0.3, -0.25) is 4.79 Å². The number of rotatable bonds is 4. The zero-order valence-electron chi connectivity index (χ0n) is 9.09. The van der Waals surface area contributed by atoms with Crippen molar-refractivity contribution in [2.75, 3.05) is 5.32 Å². The summed E-state index contributed by atoms with van der Waals surface area (Å²) in [5.41, 5.74) is -1.40. The topological polar surface area (TPSA) is 66.4 Å². The first kappa shape index (κ1) is 13.1. The van der Waals surface area contributed by atoms with E-state index in [2.05, 4.69) is 5.32 Å². The number of benzene rings is 1. The van der Waals surface area contributed by atoms with Gasteiger partial charge in [0, 0.05) is 6.42 Å². The molecule has 6 heteroatoms. The van der Waals surface area contributed by atoms with Crippen molar-refractivity contribution in [3.8, 4) is 0 Å². The molecular weight excluding hydrogens is 232 g/mol. The number of halogens is 2. The van der Waals surface area contributed by atoms with Gasteiger partial charge in [0.1, 0.15) is 11.4 Å². The second kappa shape index (κ2) is 5.38. The second-order valence-corrected chi connectivity index (χ2v) is 3.39. The highest BCUT2D eigenvalue weighted by atomic mass is 19.1. The molecule has 0 aromatic heterocycles. The Hall–Kier alpha value is -1.98. The Morgan fingerprint density at radius 3 is 2.53 bits per heavy atom. The predicted molar refractivity (Wildman–Crippen MR) is 56.9 cm³/mol. The van der Waals surface area contributed by atoms with Crippen molar-refractivity contribution in [3.63, 3.8) is 0 Å². The fraction of sp³-hybridized carbons (Fsp3) is 0.273. The number of carboxylic acids is 1. The fourth-order valence-electron chi connectivity index (χ4n) is 1.28. The maximum atomic E-state index is 13.5. The summed E-state index contributed by atoms with van der Waals surface area (Å²) in [4.78, 5) is 21.8. The number of hydrogen-bond acceptors (Lipinski definition) is 2. The van der Waals surface area contributed by atoms with Crippen LogP contribution in [0.3, 0.4) is 0 Å². The van der Waals surface area contributed by atoms with Gasteiger partial charge in [-0.05, 0) is 18.6 Å². The molecular formula is C11H11F2NO3. The molecule has 0 heterocycles. The van der Waals surface area contributed by atoms with Gasteiger partial charge in [-0.2, -0.15) is 0 Å². The highest BCUT2D eigenvalue weighted by molar-refractivity contribution is 5.94. The van der Waals surface area contributed by atoms with Gasteiger partial charge in [0.15, 0.2) is 5.82 Å². The Morgan fingerprint density at radius 2 is 2.00 bits per heavy atom. The Kier molecular flexibility index (Phi) is 4.14. The molecule has 2 N–H and O–H groups in total. The molecule has 0 spiro atoms. The van der Waals surface area contributed by atoms with Crippen LogP contribution in [-0.4, -0.2) is 17.0 Å². The SMILES string of the molecule is CCCC(=O)Nc1ccc(F)c(C(=O)O)c1F. The molecule has 0 aliphatic heterocycles. The van der Waals surface area contributed by atoms with E-state index in [0.29, 0.717) is 6.42 Å². The largest absolute Gasteiger partial charge is 0.477 e. The number of carbonyl (C=O) groups excluding carboxylic acids is 1. The molecule has 0 saturated heterocycles. The van der Waals surface area contributed by atoms with Gasteiger partial charge < -0.3 is 10.4 Å². The summed E-state index contributed by atoms with van der Waals surface area (Å²) in [6, 6.07) is 1.79. The number of carboxylic acid groups (broad SMARTS) is 1. The highest BCUT2D eigenvalue weighted by Crippen LogP contribution is 2.21. The molecule has 1 aromatic rings. The van der Waals surface area contributed by atoms with Crippen LogP contribution < -0.4 is 5.32 Å². The van der Waals surface area contributed by atoms with E-state index in [-0.39, 0.29) is 12.1 Å². The highest BCUT2D eigenvalue weighted by Gasteiger charge is 2.20. The lowest BCUT2D eigenvalue weighted by Crippen LogP contribution is -2.14. The van der Waals surface area contributed by atoms with Crippen LogP contribution in [0.4, 0.5) is 14.5 Å². The molecule has 0 fully saturated rings. The smallest absolute Gasteiger partial charge is 0.341 e. The van der Waals surface area contributed by atoms with E-state index in [1.165, 1.54) is 0 Å². The van der Waals surface area contributed by atoms with Gasteiger partial charge in [0.2, 0.25) is 5.91 Å². The predicted octanol–water partition coefficient (Wildman–Crippen LogP) is 2.40. The van der Waals surface area contributed by atoms with Gasteiger partial charge >= 0.3 is 5.97 Å². The average Bonchev–Trinajstić information content (AvgIpc) is 2.22. The van der Waals surface area contributed by atoms with Crippen molar-refractivity contribution in [2.24, 2.45) is 0 Å². The summed E-state index contributed by atoms with van der Waals surface area (Å²) in [6.07, 6.45) is 0.750. The van der Waals surface area contributed by atoms with Crippen molar-refractivity contribution in [1.29, 1.82) is 0 Å². The minimum atomic E-state index is -1.72. The zero-order valence-corrected chi connectivity index (χ0v) is 9.09. The van der Waals surface area contributed by atoms with Crippen molar-refractivity contribution >= 4 is 17.6 Å². The number of hydrogen-bond donors (Lipinski definition) is 2. The molecule has 0 unspecified atom stereocenters. The molecule has 0 radical (unpaired) electrons. The summed E-state index contributed by atoms with van der Waals surface area (Å²) < 4.78 is 26.6. The van der Waals surface area contributed by atoms with Crippen LogP contribution in [0.15, 0.2) is 12.1 Å². The van der Waals surface area contributed by atoms with Gasteiger partial charge in [-0.25, -0.2) is 13.6 Å². The van der Waals surface area contributed by atoms with Crippen LogP contribution >= 0.6 is 0 Å². The minimum Gasteiger partial charge on any atom is -0.477 e. The quantitative estimate of drug-likeness (QED) is 0.853. The summed E-state index contributed by atoms with van der Waals surface area (Å²) in [5, 5.41) is 10.8. The molecule has 1 rings (SSSR count). The van der Waals surface area contributed by atoms with Crippen LogP contribution in [0.1, 0.15) is 30.1 Å². The van der Waals surface area contributed by atoms with Crippen molar-refractivity contribution in [1.82, 2.24) is 0 Å². The Morgan fingerprint density at radius 1 is 1.35 bits per heavy atom. The van der Waals surface area contributed by atoms with E-state index in [1.54, 1.807) is 6.92 Å². The van der Waals surface area contributed by atoms with Crippen LogP contribution in [0.5, 0.6) is 0 Å². The number of anilines is 1. The maximum absolute atomic E-state index is 13.5. The number of amides is 1. The van der Waals surface area contributed by atoms with Crippen molar-refractivity contribution in [3.05, 3.63) is 29.3 Å². The normalized spacial score (nSPS) is 10.1. The fourth-order valence-corrected chi connectivity index (χ4v) is 1.28. The molecule has 0 bridgehead atoms. The Bertz CT molecular complexity index is 460. The van der Waals surface area contributed by atoms with E-state index >= 15 is 0 Å². The molecule has 0 saturated carbocycles. The van der Waals surface area contributed by atoms with Crippen LogP contribution in [-0.2, 0) is 4.79 Å². The standard InChI is InChI=1S/C11H11F2NO3/c1-2-3-8(15)14-7-5-4-6(12)9(10(7)13)11(16)17/h4-5H,2-3H2,1H3,(H,14,15)(H,16,17).